The van der Waals surface area contributed by atoms with Gasteiger partial charge < -0.3 is 19.4 Å². The maximum absolute atomic E-state index is 12.0. The minimum atomic E-state index is -1.07. The number of rotatable bonds is 9. The van der Waals surface area contributed by atoms with Crippen LogP contribution in [-0.4, -0.2) is 39.3 Å². The van der Waals surface area contributed by atoms with Crippen molar-refractivity contribution in [3.05, 3.63) is 77.0 Å². The lowest BCUT2D eigenvalue weighted by molar-refractivity contribution is -0.0100. The molecule has 32 heavy (non-hydrogen) atoms. The average Bonchev–Trinajstić information content (AvgIpc) is 3.02. The first-order chi connectivity index (χ1) is 15.2. The van der Waals surface area contributed by atoms with Gasteiger partial charge in [-0.2, -0.15) is 5.10 Å². The average molecular weight is 437 g/mol. The number of carbonyl (C=O) groups excluding carboxylic acids is 1. The molecule has 3 aromatic rings. The fourth-order valence-electron chi connectivity index (χ4n) is 2.79. The highest BCUT2D eigenvalue weighted by atomic mass is 16.6. The third-order valence-electron chi connectivity index (χ3n) is 4.41. The number of aryl methyl sites for hydroxylation is 2. The van der Waals surface area contributed by atoms with Gasteiger partial charge in [0.25, 0.3) is 0 Å². The second kappa shape index (κ2) is 10.1. The van der Waals surface area contributed by atoms with E-state index in [9.17, 15) is 9.90 Å². The molecule has 0 unspecified atom stereocenters. The Kier molecular flexibility index (Phi) is 7.27. The molecule has 0 aliphatic rings. The Morgan fingerprint density at radius 3 is 2.50 bits per heavy atom. The highest BCUT2D eigenvalue weighted by Crippen LogP contribution is 2.25. The van der Waals surface area contributed by atoms with Gasteiger partial charge in [-0.3, -0.25) is 0 Å². The van der Waals surface area contributed by atoms with Crippen LogP contribution >= 0.6 is 0 Å². The molecule has 0 amide bonds. The molecule has 1 N–H and O–H groups in total. The van der Waals surface area contributed by atoms with Crippen molar-refractivity contribution in [3.8, 4) is 11.6 Å². The molecule has 8 heteroatoms. The minimum Gasteiger partial charge on any atom is -0.459 e. The van der Waals surface area contributed by atoms with Gasteiger partial charge in [0.2, 0.25) is 5.88 Å². The molecular weight excluding hydrogens is 410 g/mol. The highest BCUT2D eigenvalue weighted by Gasteiger charge is 2.17. The van der Waals surface area contributed by atoms with E-state index in [2.05, 4.69) is 10.3 Å². The predicted octanol–water partition coefficient (Wildman–Crippen LogP) is 4.00. The van der Waals surface area contributed by atoms with Crippen LogP contribution in [0.3, 0.4) is 0 Å². The van der Waals surface area contributed by atoms with Crippen LogP contribution in [0.2, 0.25) is 0 Å². The summed E-state index contributed by atoms with van der Waals surface area (Å²) >= 11 is 0. The first-order valence-corrected chi connectivity index (χ1v) is 10.1. The summed E-state index contributed by atoms with van der Waals surface area (Å²) in [6, 6.07) is 16.3. The lowest BCUT2D eigenvalue weighted by Gasteiger charge is -2.16. The van der Waals surface area contributed by atoms with Gasteiger partial charge >= 0.3 is 5.97 Å². The summed E-state index contributed by atoms with van der Waals surface area (Å²) in [6.45, 7) is 5.17. The van der Waals surface area contributed by atoms with Crippen molar-refractivity contribution in [1.29, 1.82) is 0 Å². The van der Waals surface area contributed by atoms with Crippen LogP contribution in [0.5, 0.6) is 11.6 Å². The van der Waals surface area contributed by atoms with Crippen molar-refractivity contribution in [1.82, 2.24) is 9.78 Å². The van der Waals surface area contributed by atoms with Crippen LogP contribution in [0.1, 0.15) is 41.0 Å². The second-order valence-electron chi connectivity index (χ2n) is 7.94. The summed E-state index contributed by atoms with van der Waals surface area (Å²) in [5.74, 6) is 0.776. The standard InChI is InChI=1S/C24H27N3O5/c1-17-21(22(27(4)26-17)32-20-8-6-5-7-9-20)14-25-31-15-18-10-12-19(13-11-18)23(28)30-16-24(2,3)29/h5-14,29H,15-16H2,1-4H3/b25-14+. The summed E-state index contributed by atoms with van der Waals surface area (Å²) in [5, 5.41) is 18.1. The smallest absolute Gasteiger partial charge is 0.338 e. The van der Waals surface area contributed by atoms with Crippen molar-refractivity contribution in [2.45, 2.75) is 33.0 Å². The summed E-state index contributed by atoms with van der Waals surface area (Å²) < 4.78 is 12.7. The number of nitrogens with zero attached hydrogens (tertiary/aromatic N) is 3. The van der Waals surface area contributed by atoms with E-state index >= 15 is 0 Å². The largest absolute Gasteiger partial charge is 0.459 e. The molecule has 3 rings (SSSR count). The molecule has 0 aliphatic heterocycles. The monoisotopic (exact) mass is 437 g/mol. The van der Waals surface area contributed by atoms with Gasteiger partial charge in [0.1, 0.15) is 19.0 Å². The van der Waals surface area contributed by atoms with Crippen LogP contribution in [0.25, 0.3) is 0 Å². The van der Waals surface area contributed by atoms with E-state index in [4.69, 9.17) is 14.3 Å². The van der Waals surface area contributed by atoms with E-state index in [-0.39, 0.29) is 13.2 Å². The van der Waals surface area contributed by atoms with E-state index in [1.165, 1.54) is 0 Å². The van der Waals surface area contributed by atoms with Gasteiger partial charge in [-0.1, -0.05) is 35.5 Å². The molecule has 8 nitrogen and oxygen atoms in total. The van der Waals surface area contributed by atoms with Crippen molar-refractivity contribution in [2.24, 2.45) is 12.2 Å². The van der Waals surface area contributed by atoms with Crippen molar-refractivity contribution in [3.63, 3.8) is 0 Å². The molecule has 0 aliphatic carbocycles. The molecule has 0 saturated heterocycles. The molecule has 168 valence electrons. The third kappa shape index (κ3) is 6.42. The zero-order chi connectivity index (χ0) is 23.1. The number of aliphatic hydroxyl groups is 1. The minimum absolute atomic E-state index is 0.0743. The first kappa shape index (κ1) is 23.0. The van der Waals surface area contributed by atoms with Gasteiger partial charge in [-0.15, -0.1) is 0 Å². The normalized spacial score (nSPS) is 11.5. The quantitative estimate of drug-likeness (QED) is 0.309. The van der Waals surface area contributed by atoms with Crippen LogP contribution in [0.4, 0.5) is 0 Å². The molecule has 0 atom stereocenters. The highest BCUT2D eigenvalue weighted by molar-refractivity contribution is 5.89. The molecule has 0 fully saturated rings. The first-order valence-electron chi connectivity index (χ1n) is 10.1. The van der Waals surface area contributed by atoms with Gasteiger partial charge in [0, 0.05) is 7.05 Å². The summed E-state index contributed by atoms with van der Waals surface area (Å²) in [7, 11) is 1.80. The number of esters is 1. The van der Waals surface area contributed by atoms with Crippen molar-refractivity contribution >= 4 is 12.2 Å². The van der Waals surface area contributed by atoms with Crippen LogP contribution in [0.15, 0.2) is 59.8 Å². The maximum Gasteiger partial charge on any atom is 0.338 e. The fraction of sp³-hybridized carbons (Fsp3) is 0.292. The predicted molar refractivity (Wildman–Crippen MR) is 120 cm³/mol. The number of hydrogen-bond donors (Lipinski definition) is 1. The Balaban J connectivity index is 1.58. The van der Waals surface area contributed by atoms with Crippen molar-refractivity contribution < 1.29 is 24.2 Å². The SMILES string of the molecule is Cc1nn(C)c(Oc2ccccc2)c1/C=N/OCc1ccc(C(=O)OCC(C)(C)O)cc1. The number of para-hydroxylation sites is 1. The van der Waals surface area contributed by atoms with E-state index < -0.39 is 11.6 Å². The Morgan fingerprint density at radius 2 is 1.84 bits per heavy atom. The number of benzene rings is 2. The molecular formula is C24H27N3O5. The third-order valence-corrected chi connectivity index (χ3v) is 4.41. The molecule has 0 bridgehead atoms. The fourth-order valence-corrected chi connectivity index (χ4v) is 2.79. The Morgan fingerprint density at radius 1 is 1.16 bits per heavy atom. The summed E-state index contributed by atoms with van der Waals surface area (Å²) in [5.41, 5.74) is 1.65. The lowest BCUT2D eigenvalue weighted by atomic mass is 10.1. The molecule has 1 heterocycles. The zero-order valence-corrected chi connectivity index (χ0v) is 18.6. The zero-order valence-electron chi connectivity index (χ0n) is 18.6. The number of hydrogen-bond acceptors (Lipinski definition) is 7. The molecule has 0 spiro atoms. The lowest BCUT2D eigenvalue weighted by Crippen LogP contribution is -2.27. The van der Waals surface area contributed by atoms with E-state index in [0.29, 0.717) is 17.2 Å². The number of oxime groups is 1. The van der Waals surface area contributed by atoms with Gasteiger partial charge in [0.05, 0.1) is 28.6 Å². The second-order valence-corrected chi connectivity index (χ2v) is 7.94. The molecule has 0 radical (unpaired) electrons. The number of carbonyl (C=O) groups is 1. The molecule has 2 aromatic carbocycles. The topological polar surface area (TPSA) is 95.2 Å². The van der Waals surface area contributed by atoms with Crippen LogP contribution < -0.4 is 4.74 Å². The van der Waals surface area contributed by atoms with Crippen LogP contribution in [-0.2, 0) is 23.2 Å². The Labute approximate surface area is 187 Å². The van der Waals surface area contributed by atoms with Crippen molar-refractivity contribution in [2.75, 3.05) is 6.61 Å². The molecule has 1 aromatic heterocycles. The maximum atomic E-state index is 12.0. The van der Waals surface area contributed by atoms with E-state index in [1.807, 2.05) is 37.3 Å². The van der Waals surface area contributed by atoms with Gasteiger partial charge in [0.15, 0.2) is 0 Å². The Hall–Kier alpha value is -3.65. The van der Waals surface area contributed by atoms with E-state index in [1.54, 1.807) is 56.1 Å². The van der Waals surface area contributed by atoms with Gasteiger partial charge in [-0.05, 0) is 50.6 Å². The summed E-state index contributed by atoms with van der Waals surface area (Å²) in [4.78, 5) is 17.4. The molecule has 0 saturated carbocycles. The number of ether oxygens (including phenoxy) is 2. The van der Waals surface area contributed by atoms with Crippen LogP contribution in [0, 0.1) is 6.92 Å². The Bertz CT molecular complexity index is 1070. The summed E-state index contributed by atoms with van der Waals surface area (Å²) in [6.07, 6.45) is 1.57. The number of aromatic nitrogens is 2. The van der Waals surface area contributed by atoms with Gasteiger partial charge in [-0.25, -0.2) is 9.48 Å². The van der Waals surface area contributed by atoms with E-state index in [0.717, 1.165) is 16.8 Å².